The van der Waals surface area contributed by atoms with Crippen molar-refractivity contribution in [2.75, 3.05) is 5.32 Å². The number of carbonyl (C=O) groups excluding carboxylic acids is 2. The summed E-state index contributed by atoms with van der Waals surface area (Å²) in [6, 6.07) is 9.10. The number of fused-ring (bicyclic) bond motifs is 1. The van der Waals surface area contributed by atoms with Gasteiger partial charge in [-0.15, -0.1) is 11.3 Å². The number of carbonyl (C=O) groups is 2. The van der Waals surface area contributed by atoms with Crippen LogP contribution in [0.25, 0.3) is 10.1 Å². The number of primary amides is 1. The van der Waals surface area contributed by atoms with E-state index >= 15 is 0 Å². The summed E-state index contributed by atoms with van der Waals surface area (Å²) in [4.78, 5) is 24.8. The smallest absolute Gasteiger partial charge is 0.256 e. The van der Waals surface area contributed by atoms with E-state index in [9.17, 15) is 14.7 Å². The Labute approximate surface area is 194 Å². The Kier molecular flexibility index (Phi) is 7.43. The molecule has 0 bridgehead atoms. The van der Waals surface area contributed by atoms with Crippen LogP contribution in [0.2, 0.25) is 10.0 Å². The lowest BCUT2D eigenvalue weighted by molar-refractivity contribution is 0.100. The van der Waals surface area contributed by atoms with Gasteiger partial charge in [-0.3, -0.25) is 9.59 Å². The van der Waals surface area contributed by atoms with Crippen LogP contribution >= 0.6 is 34.5 Å². The molecule has 0 atom stereocenters. The lowest BCUT2D eigenvalue weighted by Gasteiger charge is -2.14. The van der Waals surface area contributed by atoms with Crippen molar-refractivity contribution in [3.05, 3.63) is 57.1 Å². The van der Waals surface area contributed by atoms with Crippen molar-refractivity contribution in [2.45, 2.75) is 39.3 Å². The van der Waals surface area contributed by atoms with E-state index in [1.54, 1.807) is 12.1 Å². The van der Waals surface area contributed by atoms with Crippen LogP contribution in [-0.2, 0) is 6.54 Å². The first-order chi connectivity index (χ1) is 14.8. The molecule has 9 heteroatoms. The quantitative estimate of drug-likeness (QED) is 0.340. The largest absolute Gasteiger partial charge is 0.505 e. The molecule has 1 aromatic heterocycles. The van der Waals surface area contributed by atoms with Crippen molar-refractivity contribution < 1.29 is 14.7 Å². The molecule has 2 aromatic carbocycles. The molecule has 0 spiro atoms. The van der Waals surface area contributed by atoms with E-state index in [1.807, 2.05) is 12.1 Å². The maximum absolute atomic E-state index is 12.8. The maximum Gasteiger partial charge on any atom is 0.256 e. The number of hydrogen-bond acceptors (Lipinski definition) is 5. The van der Waals surface area contributed by atoms with Gasteiger partial charge in [-0.05, 0) is 36.6 Å². The van der Waals surface area contributed by atoms with Crippen molar-refractivity contribution in [1.29, 1.82) is 0 Å². The Morgan fingerprint density at radius 3 is 2.39 bits per heavy atom. The van der Waals surface area contributed by atoms with Crippen LogP contribution in [0.3, 0.4) is 0 Å². The van der Waals surface area contributed by atoms with Gasteiger partial charge < -0.3 is 21.5 Å². The van der Waals surface area contributed by atoms with Crippen molar-refractivity contribution in [3.63, 3.8) is 0 Å². The van der Waals surface area contributed by atoms with Crippen LogP contribution < -0.4 is 16.4 Å². The molecule has 0 aliphatic carbocycles. The minimum Gasteiger partial charge on any atom is -0.505 e. The molecule has 6 nitrogen and oxygen atoms in total. The third-order valence-corrected chi connectivity index (χ3v) is 7.03. The molecule has 0 aliphatic heterocycles. The number of nitrogens with one attached hydrogen (secondary N) is 2. The van der Waals surface area contributed by atoms with Gasteiger partial charge in [0.05, 0.1) is 15.3 Å². The number of rotatable bonds is 8. The molecule has 2 amide bonds. The first kappa shape index (κ1) is 23.3. The Morgan fingerprint density at radius 2 is 1.81 bits per heavy atom. The van der Waals surface area contributed by atoms with Gasteiger partial charge in [0.1, 0.15) is 10.0 Å². The summed E-state index contributed by atoms with van der Waals surface area (Å²) in [7, 11) is 0. The molecule has 31 heavy (non-hydrogen) atoms. The number of nitrogens with two attached hydrogens (primary N) is 1. The minimum absolute atomic E-state index is 0.00446. The summed E-state index contributed by atoms with van der Waals surface area (Å²) < 4.78 is 0.412. The number of aromatic hydroxyl groups is 1. The van der Waals surface area contributed by atoms with E-state index in [1.165, 1.54) is 6.07 Å². The standard InChI is InChI=1S/C22H23Cl2N3O3S/c1-3-13(4-2)26-10-11-5-7-12(8-6-11)21(30)27-22-16(20(25)29)14-9-15(23)18(28)17(24)19(14)31-22/h5-9,13,26,28H,3-4,10H2,1-2H3,(H2,25,29)(H,27,30). The van der Waals surface area contributed by atoms with E-state index in [-0.39, 0.29) is 32.3 Å². The van der Waals surface area contributed by atoms with Crippen molar-refractivity contribution in [1.82, 2.24) is 5.32 Å². The van der Waals surface area contributed by atoms with Crippen LogP contribution in [0, 0.1) is 0 Å². The minimum atomic E-state index is -0.734. The summed E-state index contributed by atoms with van der Waals surface area (Å²) in [5, 5.41) is 16.8. The van der Waals surface area contributed by atoms with Crippen molar-refractivity contribution >= 4 is 61.4 Å². The molecule has 0 radical (unpaired) electrons. The van der Waals surface area contributed by atoms with Gasteiger partial charge in [0.15, 0.2) is 5.75 Å². The van der Waals surface area contributed by atoms with Gasteiger partial charge >= 0.3 is 0 Å². The van der Waals surface area contributed by atoms with Crippen molar-refractivity contribution in [3.8, 4) is 5.75 Å². The summed E-state index contributed by atoms with van der Waals surface area (Å²) in [6.45, 7) is 5.01. The van der Waals surface area contributed by atoms with Gasteiger partial charge in [-0.1, -0.05) is 49.2 Å². The molecule has 0 aliphatic rings. The second kappa shape index (κ2) is 9.87. The fourth-order valence-electron chi connectivity index (χ4n) is 3.27. The van der Waals surface area contributed by atoms with E-state index < -0.39 is 5.91 Å². The monoisotopic (exact) mass is 479 g/mol. The SMILES string of the molecule is CCC(CC)NCc1ccc(C(=O)Nc2sc3c(Cl)c(O)c(Cl)cc3c2C(N)=O)cc1. The number of phenols is 1. The molecule has 164 valence electrons. The van der Waals surface area contributed by atoms with E-state index in [0.717, 1.165) is 36.3 Å². The molecule has 0 saturated heterocycles. The third-order valence-electron chi connectivity index (χ3n) is 5.12. The highest BCUT2D eigenvalue weighted by molar-refractivity contribution is 7.24. The summed E-state index contributed by atoms with van der Waals surface area (Å²) in [5.74, 6) is -1.41. The summed E-state index contributed by atoms with van der Waals surface area (Å²) in [6.07, 6.45) is 2.11. The second-order valence-corrected chi connectivity index (χ2v) is 8.92. The molecule has 5 N–H and O–H groups in total. The van der Waals surface area contributed by atoms with Gasteiger partial charge in [-0.25, -0.2) is 0 Å². The summed E-state index contributed by atoms with van der Waals surface area (Å²) in [5.41, 5.74) is 7.14. The highest BCUT2D eigenvalue weighted by Gasteiger charge is 2.23. The average Bonchev–Trinajstić information content (AvgIpc) is 3.11. The lowest BCUT2D eigenvalue weighted by Crippen LogP contribution is -2.27. The number of hydrogen-bond donors (Lipinski definition) is 4. The van der Waals surface area contributed by atoms with Gasteiger partial charge in [-0.2, -0.15) is 0 Å². The highest BCUT2D eigenvalue weighted by atomic mass is 35.5. The molecule has 0 saturated carbocycles. The highest BCUT2D eigenvalue weighted by Crippen LogP contribution is 2.46. The molecular weight excluding hydrogens is 457 g/mol. The zero-order valence-corrected chi connectivity index (χ0v) is 19.4. The van der Waals surface area contributed by atoms with Gasteiger partial charge in [0.25, 0.3) is 11.8 Å². The molecule has 0 unspecified atom stereocenters. The zero-order chi connectivity index (χ0) is 22.7. The molecule has 3 rings (SSSR count). The summed E-state index contributed by atoms with van der Waals surface area (Å²) >= 11 is 13.2. The van der Waals surface area contributed by atoms with E-state index in [4.69, 9.17) is 28.9 Å². The lowest BCUT2D eigenvalue weighted by atomic mass is 10.1. The second-order valence-electron chi connectivity index (χ2n) is 7.11. The van der Waals surface area contributed by atoms with Crippen LogP contribution in [0.5, 0.6) is 5.75 Å². The number of halogens is 2. The number of amides is 2. The van der Waals surface area contributed by atoms with Crippen LogP contribution in [0.4, 0.5) is 5.00 Å². The fourth-order valence-corrected chi connectivity index (χ4v) is 4.96. The van der Waals surface area contributed by atoms with Gasteiger partial charge in [0.2, 0.25) is 0 Å². The van der Waals surface area contributed by atoms with Crippen LogP contribution in [-0.4, -0.2) is 23.0 Å². The Morgan fingerprint density at radius 1 is 1.16 bits per heavy atom. The first-order valence-electron chi connectivity index (χ1n) is 9.83. The average molecular weight is 480 g/mol. The topological polar surface area (TPSA) is 104 Å². The number of thiophene rings is 1. The third kappa shape index (κ3) is 4.96. The predicted molar refractivity (Wildman–Crippen MR) is 128 cm³/mol. The molecule has 3 aromatic rings. The first-order valence-corrected chi connectivity index (χ1v) is 11.4. The van der Waals surface area contributed by atoms with E-state index in [2.05, 4.69) is 24.5 Å². The molecular formula is C22H23Cl2N3O3S. The number of phenolic OH excluding ortho intramolecular Hbond substituents is 1. The Bertz CT molecular complexity index is 1130. The molecule has 1 heterocycles. The number of benzene rings is 2. The maximum atomic E-state index is 12.8. The normalized spacial score (nSPS) is 11.3. The Hall–Kier alpha value is -2.32. The fraction of sp³-hybridized carbons (Fsp3) is 0.273. The molecule has 0 fully saturated rings. The predicted octanol–water partition coefficient (Wildman–Crippen LogP) is 5.54. The Balaban J connectivity index is 1.84. The van der Waals surface area contributed by atoms with Crippen LogP contribution in [0.15, 0.2) is 30.3 Å². The number of anilines is 1. The van der Waals surface area contributed by atoms with E-state index in [0.29, 0.717) is 21.7 Å². The zero-order valence-electron chi connectivity index (χ0n) is 17.1. The van der Waals surface area contributed by atoms with Crippen molar-refractivity contribution in [2.24, 2.45) is 5.73 Å². The van der Waals surface area contributed by atoms with Gasteiger partial charge in [0, 0.05) is 23.5 Å². The van der Waals surface area contributed by atoms with Crippen LogP contribution in [0.1, 0.15) is 53.0 Å².